The Morgan fingerprint density at radius 3 is 2.35 bits per heavy atom. The van der Waals surface area contributed by atoms with Gasteiger partial charge in [-0.3, -0.25) is 4.79 Å². The van der Waals surface area contributed by atoms with E-state index in [0.29, 0.717) is 24.6 Å². The molecule has 1 aliphatic rings. The minimum absolute atomic E-state index is 0.0451. The number of carbonyl (C=O) groups excluding carboxylic acids is 2. The molecule has 0 radical (unpaired) electrons. The summed E-state index contributed by atoms with van der Waals surface area (Å²) in [6.45, 7) is 4.22. The van der Waals surface area contributed by atoms with Gasteiger partial charge in [0.25, 0.3) is 0 Å². The van der Waals surface area contributed by atoms with Gasteiger partial charge in [0, 0.05) is 19.0 Å². The molecule has 6 nitrogen and oxygen atoms in total. The molecule has 126 valence electrons. The lowest BCUT2D eigenvalue weighted by atomic mass is 9.73. The molecular weight excluding hydrogens is 298 g/mol. The normalized spacial score (nSPS) is 23.5. The maximum absolute atomic E-state index is 12.3. The molecule has 0 saturated carbocycles. The molecule has 0 bridgehead atoms. The number of likely N-dealkylation sites (tertiary alicyclic amines) is 1. The van der Waals surface area contributed by atoms with Crippen molar-refractivity contribution >= 4 is 11.9 Å². The second kappa shape index (κ2) is 6.48. The molecule has 0 unspecified atom stereocenters. The van der Waals surface area contributed by atoms with Gasteiger partial charge >= 0.3 is 6.09 Å². The summed E-state index contributed by atoms with van der Waals surface area (Å²) in [5.74, 6) is 1.15. The predicted octanol–water partition coefficient (Wildman–Crippen LogP) is 2.46. The lowest BCUT2D eigenvalue weighted by Crippen LogP contribution is -2.35. The van der Waals surface area contributed by atoms with Gasteiger partial charge in [0.15, 0.2) is 11.5 Å². The second-order valence-electron chi connectivity index (χ2n) is 5.99. The Morgan fingerprint density at radius 2 is 1.83 bits per heavy atom. The fourth-order valence-corrected chi connectivity index (χ4v) is 3.16. The number of ether oxygens (including phenoxy) is 3. The van der Waals surface area contributed by atoms with Crippen LogP contribution in [-0.4, -0.2) is 51.2 Å². The van der Waals surface area contributed by atoms with E-state index in [1.165, 1.54) is 7.11 Å². The van der Waals surface area contributed by atoms with Crippen LogP contribution in [0, 0.1) is 5.41 Å². The van der Waals surface area contributed by atoms with Crippen molar-refractivity contribution in [3.05, 3.63) is 23.8 Å². The Labute approximate surface area is 136 Å². The van der Waals surface area contributed by atoms with E-state index >= 15 is 0 Å². The first kappa shape index (κ1) is 17.1. The summed E-state index contributed by atoms with van der Waals surface area (Å²) in [5, 5.41) is 0. The van der Waals surface area contributed by atoms with Crippen molar-refractivity contribution in [2.45, 2.75) is 19.8 Å². The van der Waals surface area contributed by atoms with E-state index in [2.05, 4.69) is 0 Å². The van der Waals surface area contributed by atoms with Gasteiger partial charge in [-0.1, -0.05) is 13.0 Å². The molecular formula is C17H23NO5. The first-order valence-electron chi connectivity index (χ1n) is 7.43. The highest BCUT2D eigenvalue weighted by molar-refractivity contribution is 5.85. The third-order valence-electron chi connectivity index (χ3n) is 4.74. The fourth-order valence-electron chi connectivity index (χ4n) is 3.16. The SMILES string of the molecule is COC(=O)N1C[C@@H](c2ccc(OC)c(OC)c2)[C@](C)(C(C)=O)C1. The number of Topliss-reactive ketones (excluding diaryl/α,β-unsaturated/α-hetero) is 1. The highest BCUT2D eigenvalue weighted by Crippen LogP contribution is 2.45. The van der Waals surface area contributed by atoms with Crippen molar-refractivity contribution in [1.29, 1.82) is 0 Å². The van der Waals surface area contributed by atoms with E-state index < -0.39 is 11.5 Å². The molecule has 0 aromatic heterocycles. The van der Waals surface area contributed by atoms with Gasteiger partial charge in [-0.2, -0.15) is 0 Å². The Morgan fingerprint density at radius 1 is 1.17 bits per heavy atom. The minimum atomic E-state index is -0.659. The first-order chi connectivity index (χ1) is 10.9. The molecule has 23 heavy (non-hydrogen) atoms. The second-order valence-corrected chi connectivity index (χ2v) is 5.99. The van der Waals surface area contributed by atoms with Crippen molar-refractivity contribution < 1.29 is 23.8 Å². The third-order valence-corrected chi connectivity index (χ3v) is 4.74. The molecule has 0 N–H and O–H groups in total. The number of hydrogen-bond donors (Lipinski definition) is 0. The van der Waals surface area contributed by atoms with E-state index in [0.717, 1.165) is 5.56 Å². The van der Waals surface area contributed by atoms with Gasteiger partial charge in [0.05, 0.1) is 26.7 Å². The maximum atomic E-state index is 12.3. The zero-order valence-corrected chi connectivity index (χ0v) is 14.2. The average Bonchev–Trinajstić information content (AvgIpc) is 2.92. The number of amides is 1. The van der Waals surface area contributed by atoms with E-state index in [-0.39, 0.29) is 11.7 Å². The van der Waals surface area contributed by atoms with Crippen LogP contribution in [0.5, 0.6) is 11.5 Å². The van der Waals surface area contributed by atoms with Gasteiger partial charge in [-0.25, -0.2) is 4.79 Å². The van der Waals surface area contributed by atoms with Crippen molar-refractivity contribution in [3.63, 3.8) is 0 Å². The number of rotatable bonds is 4. The van der Waals surface area contributed by atoms with Crippen LogP contribution in [-0.2, 0) is 9.53 Å². The van der Waals surface area contributed by atoms with Crippen molar-refractivity contribution in [2.75, 3.05) is 34.4 Å². The van der Waals surface area contributed by atoms with Crippen LogP contribution in [0.3, 0.4) is 0 Å². The molecule has 2 atom stereocenters. The number of methoxy groups -OCH3 is 3. The predicted molar refractivity (Wildman–Crippen MR) is 85.1 cm³/mol. The highest BCUT2D eigenvalue weighted by atomic mass is 16.5. The number of nitrogens with zero attached hydrogens (tertiary/aromatic N) is 1. The fraction of sp³-hybridized carbons (Fsp3) is 0.529. The Hall–Kier alpha value is -2.24. The summed E-state index contributed by atoms with van der Waals surface area (Å²) in [6.07, 6.45) is -0.416. The Balaban J connectivity index is 2.42. The summed E-state index contributed by atoms with van der Waals surface area (Å²) in [6, 6.07) is 5.59. The van der Waals surface area contributed by atoms with Crippen LogP contribution in [0.2, 0.25) is 0 Å². The topological polar surface area (TPSA) is 65.1 Å². The van der Waals surface area contributed by atoms with E-state index in [9.17, 15) is 9.59 Å². The zero-order valence-electron chi connectivity index (χ0n) is 14.2. The molecule has 1 amide bonds. The van der Waals surface area contributed by atoms with E-state index in [4.69, 9.17) is 14.2 Å². The van der Waals surface area contributed by atoms with Crippen molar-refractivity contribution in [2.24, 2.45) is 5.41 Å². The molecule has 1 fully saturated rings. The molecule has 1 aliphatic heterocycles. The molecule has 0 aliphatic carbocycles. The molecule has 6 heteroatoms. The molecule has 0 spiro atoms. The van der Waals surface area contributed by atoms with Gasteiger partial charge in [-0.05, 0) is 24.6 Å². The largest absolute Gasteiger partial charge is 0.493 e. The summed E-state index contributed by atoms with van der Waals surface area (Å²) in [5.41, 5.74) is 0.278. The molecule has 1 aromatic rings. The van der Waals surface area contributed by atoms with Crippen LogP contribution in [0.15, 0.2) is 18.2 Å². The van der Waals surface area contributed by atoms with Crippen LogP contribution in [0.4, 0.5) is 4.79 Å². The molecule has 1 saturated heterocycles. The van der Waals surface area contributed by atoms with Gasteiger partial charge in [0.2, 0.25) is 0 Å². The van der Waals surface area contributed by atoms with Gasteiger partial charge in [0.1, 0.15) is 5.78 Å². The average molecular weight is 321 g/mol. The number of hydrogen-bond acceptors (Lipinski definition) is 5. The van der Waals surface area contributed by atoms with Crippen LogP contribution >= 0.6 is 0 Å². The van der Waals surface area contributed by atoms with E-state index in [1.807, 2.05) is 25.1 Å². The number of ketones is 1. The summed E-state index contributed by atoms with van der Waals surface area (Å²) in [7, 11) is 4.49. The van der Waals surface area contributed by atoms with Crippen LogP contribution < -0.4 is 9.47 Å². The number of carbonyl (C=O) groups is 2. The number of benzene rings is 1. The van der Waals surface area contributed by atoms with Crippen molar-refractivity contribution in [3.8, 4) is 11.5 Å². The van der Waals surface area contributed by atoms with Crippen molar-refractivity contribution in [1.82, 2.24) is 4.90 Å². The lowest BCUT2D eigenvalue weighted by molar-refractivity contribution is -0.125. The smallest absolute Gasteiger partial charge is 0.409 e. The summed E-state index contributed by atoms with van der Waals surface area (Å²) < 4.78 is 15.4. The first-order valence-corrected chi connectivity index (χ1v) is 7.43. The highest BCUT2D eigenvalue weighted by Gasteiger charge is 2.49. The van der Waals surface area contributed by atoms with Crippen LogP contribution in [0.25, 0.3) is 0 Å². The minimum Gasteiger partial charge on any atom is -0.493 e. The van der Waals surface area contributed by atoms with Crippen LogP contribution in [0.1, 0.15) is 25.3 Å². The lowest BCUT2D eigenvalue weighted by Gasteiger charge is -2.28. The monoisotopic (exact) mass is 321 g/mol. The molecule has 1 heterocycles. The summed E-state index contributed by atoms with van der Waals surface area (Å²) in [4.78, 5) is 25.7. The third kappa shape index (κ3) is 2.98. The Kier molecular flexibility index (Phi) is 4.82. The zero-order chi connectivity index (χ0) is 17.2. The molecule has 1 aromatic carbocycles. The van der Waals surface area contributed by atoms with Gasteiger partial charge in [-0.15, -0.1) is 0 Å². The summed E-state index contributed by atoms with van der Waals surface area (Å²) >= 11 is 0. The molecule has 2 rings (SSSR count). The quantitative estimate of drug-likeness (QED) is 0.852. The maximum Gasteiger partial charge on any atom is 0.409 e. The standard InChI is InChI=1S/C17H23NO5/c1-11(19)17(2)10-18(16(20)23-5)9-13(17)12-6-7-14(21-3)15(8-12)22-4/h6-8,13H,9-10H2,1-5H3/t13-,17-/m0/s1. The Bertz CT molecular complexity index is 615. The van der Waals surface area contributed by atoms with Gasteiger partial charge < -0.3 is 19.1 Å². The van der Waals surface area contributed by atoms with E-state index in [1.54, 1.807) is 26.0 Å².